The van der Waals surface area contributed by atoms with Gasteiger partial charge < -0.3 is 20.3 Å². The predicted octanol–water partition coefficient (Wildman–Crippen LogP) is 1.44. The maximum absolute atomic E-state index is 12.5. The van der Waals surface area contributed by atoms with E-state index >= 15 is 0 Å². The maximum atomic E-state index is 12.5. The van der Waals surface area contributed by atoms with Crippen molar-refractivity contribution in [2.75, 3.05) is 40.0 Å². The van der Waals surface area contributed by atoms with E-state index in [9.17, 15) is 4.79 Å². The van der Waals surface area contributed by atoms with Gasteiger partial charge >= 0.3 is 0 Å². The van der Waals surface area contributed by atoms with Gasteiger partial charge in [0.15, 0.2) is 0 Å². The predicted molar refractivity (Wildman–Crippen MR) is 80.0 cm³/mol. The van der Waals surface area contributed by atoms with E-state index in [0.717, 1.165) is 25.9 Å². The molecule has 1 aliphatic heterocycles. The van der Waals surface area contributed by atoms with Crippen LogP contribution in [0.1, 0.15) is 23.2 Å². The van der Waals surface area contributed by atoms with Gasteiger partial charge in [-0.15, -0.1) is 0 Å². The first-order chi connectivity index (χ1) is 9.52. The van der Waals surface area contributed by atoms with Crippen molar-refractivity contribution in [3.63, 3.8) is 0 Å². The number of nitrogen functional groups attached to an aromatic ring is 1. The fourth-order valence-electron chi connectivity index (χ4n) is 2.61. The molecule has 1 aromatic rings. The minimum atomic E-state index is 0.0560. The molecule has 110 valence electrons. The molecule has 1 heterocycles. The summed E-state index contributed by atoms with van der Waals surface area (Å²) < 4.78 is 5.17. The van der Waals surface area contributed by atoms with E-state index in [0.29, 0.717) is 23.0 Å². The third-order valence-corrected chi connectivity index (χ3v) is 3.96. The lowest BCUT2D eigenvalue weighted by Gasteiger charge is -2.35. The van der Waals surface area contributed by atoms with Gasteiger partial charge in [0, 0.05) is 24.7 Å². The highest BCUT2D eigenvalue weighted by Gasteiger charge is 2.24. The largest absolute Gasteiger partial charge is 0.495 e. The van der Waals surface area contributed by atoms with Crippen molar-refractivity contribution in [2.24, 2.45) is 0 Å². The molecular weight excluding hydrogens is 254 g/mol. The standard InChI is InChI=1S/C15H23N3O2/c1-17(2)12-6-8-18(9-7-12)15(19)11-4-5-13(16)14(10-11)20-3/h4-5,10,12H,6-9,16H2,1-3H3. The van der Waals surface area contributed by atoms with Crippen LogP contribution in [0.25, 0.3) is 0 Å². The topological polar surface area (TPSA) is 58.8 Å². The minimum absolute atomic E-state index is 0.0560. The first-order valence-corrected chi connectivity index (χ1v) is 6.92. The van der Waals surface area contributed by atoms with Crippen LogP contribution in [0.15, 0.2) is 18.2 Å². The van der Waals surface area contributed by atoms with Gasteiger partial charge in [0.05, 0.1) is 12.8 Å². The summed E-state index contributed by atoms with van der Waals surface area (Å²) in [5, 5.41) is 0. The van der Waals surface area contributed by atoms with Gasteiger partial charge in [-0.05, 0) is 45.1 Å². The third-order valence-electron chi connectivity index (χ3n) is 3.96. The van der Waals surface area contributed by atoms with E-state index in [4.69, 9.17) is 10.5 Å². The molecule has 20 heavy (non-hydrogen) atoms. The Morgan fingerprint density at radius 1 is 1.35 bits per heavy atom. The van der Waals surface area contributed by atoms with E-state index in [1.165, 1.54) is 0 Å². The molecule has 5 nitrogen and oxygen atoms in total. The van der Waals surface area contributed by atoms with Crippen molar-refractivity contribution in [3.05, 3.63) is 23.8 Å². The van der Waals surface area contributed by atoms with Crippen molar-refractivity contribution in [2.45, 2.75) is 18.9 Å². The number of benzene rings is 1. The number of rotatable bonds is 3. The second-order valence-electron chi connectivity index (χ2n) is 5.44. The molecule has 0 aromatic heterocycles. The molecule has 0 atom stereocenters. The number of ether oxygens (including phenoxy) is 1. The highest BCUT2D eigenvalue weighted by Crippen LogP contribution is 2.24. The summed E-state index contributed by atoms with van der Waals surface area (Å²) in [5.41, 5.74) is 6.96. The van der Waals surface area contributed by atoms with Gasteiger partial charge in [-0.3, -0.25) is 4.79 Å². The van der Waals surface area contributed by atoms with Crippen LogP contribution < -0.4 is 10.5 Å². The molecule has 0 radical (unpaired) electrons. The number of nitrogens with zero attached hydrogens (tertiary/aromatic N) is 2. The van der Waals surface area contributed by atoms with Crippen molar-refractivity contribution in [1.82, 2.24) is 9.80 Å². The average molecular weight is 277 g/mol. The lowest BCUT2D eigenvalue weighted by atomic mass is 10.0. The van der Waals surface area contributed by atoms with Gasteiger partial charge in [0.25, 0.3) is 5.91 Å². The molecule has 1 fully saturated rings. The second-order valence-corrected chi connectivity index (χ2v) is 5.44. The third kappa shape index (κ3) is 3.04. The number of nitrogens with two attached hydrogens (primary N) is 1. The highest BCUT2D eigenvalue weighted by molar-refractivity contribution is 5.95. The zero-order valence-corrected chi connectivity index (χ0v) is 12.4. The Kier molecular flexibility index (Phi) is 4.49. The molecule has 0 bridgehead atoms. The van der Waals surface area contributed by atoms with Crippen LogP contribution >= 0.6 is 0 Å². The Labute approximate surface area is 120 Å². The van der Waals surface area contributed by atoms with Crippen molar-refractivity contribution < 1.29 is 9.53 Å². The second kappa shape index (κ2) is 6.13. The lowest BCUT2D eigenvalue weighted by molar-refractivity contribution is 0.0663. The maximum Gasteiger partial charge on any atom is 0.253 e. The summed E-state index contributed by atoms with van der Waals surface area (Å²) in [6, 6.07) is 5.77. The number of hydrogen-bond donors (Lipinski definition) is 1. The fourth-order valence-corrected chi connectivity index (χ4v) is 2.61. The SMILES string of the molecule is COc1cc(C(=O)N2CCC(N(C)C)CC2)ccc1N. The molecule has 2 N–H and O–H groups in total. The van der Waals surface area contributed by atoms with Crippen molar-refractivity contribution >= 4 is 11.6 Å². The molecule has 0 unspecified atom stereocenters. The number of methoxy groups -OCH3 is 1. The number of anilines is 1. The van der Waals surface area contributed by atoms with Gasteiger partial charge in [0.1, 0.15) is 5.75 Å². The molecule has 0 spiro atoms. The van der Waals surface area contributed by atoms with Crippen LogP contribution in [0.3, 0.4) is 0 Å². The van der Waals surface area contributed by atoms with Crippen LogP contribution in [0.5, 0.6) is 5.75 Å². The van der Waals surface area contributed by atoms with Crippen molar-refractivity contribution in [1.29, 1.82) is 0 Å². The monoisotopic (exact) mass is 277 g/mol. The Bertz CT molecular complexity index is 480. The molecular formula is C15H23N3O2. The van der Waals surface area contributed by atoms with Crippen LogP contribution in [0.2, 0.25) is 0 Å². The Balaban J connectivity index is 2.05. The quantitative estimate of drug-likeness (QED) is 0.849. The highest BCUT2D eigenvalue weighted by atomic mass is 16.5. The first kappa shape index (κ1) is 14.7. The number of carbonyl (C=O) groups excluding carboxylic acids is 1. The molecule has 0 saturated carbocycles. The van der Waals surface area contributed by atoms with Gasteiger partial charge in [0.2, 0.25) is 0 Å². The first-order valence-electron chi connectivity index (χ1n) is 6.92. The lowest BCUT2D eigenvalue weighted by Crippen LogP contribution is -2.44. The molecule has 1 aromatic carbocycles. The average Bonchev–Trinajstić information content (AvgIpc) is 2.47. The van der Waals surface area contributed by atoms with E-state index in [1.807, 2.05) is 4.90 Å². The number of carbonyl (C=O) groups is 1. The van der Waals surface area contributed by atoms with Gasteiger partial charge in [-0.25, -0.2) is 0 Å². The zero-order chi connectivity index (χ0) is 14.7. The summed E-state index contributed by atoms with van der Waals surface area (Å²) in [4.78, 5) is 16.6. The molecule has 1 aliphatic rings. The summed E-state index contributed by atoms with van der Waals surface area (Å²) in [7, 11) is 5.74. The van der Waals surface area contributed by atoms with Crippen LogP contribution in [-0.4, -0.2) is 56.0 Å². The van der Waals surface area contributed by atoms with E-state index < -0.39 is 0 Å². The summed E-state index contributed by atoms with van der Waals surface area (Å²) in [6.07, 6.45) is 2.04. The molecule has 2 rings (SSSR count). The van der Waals surface area contributed by atoms with Crippen LogP contribution in [-0.2, 0) is 0 Å². The molecule has 5 heteroatoms. The summed E-state index contributed by atoms with van der Waals surface area (Å²) in [6.45, 7) is 1.60. The Morgan fingerprint density at radius 2 is 2.00 bits per heavy atom. The van der Waals surface area contributed by atoms with E-state index in [1.54, 1.807) is 25.3 Å². The number of piperidine rings is 1. The smallest absolute Gasteiger partial charge is 0.253 e. The minimum Gasteiger partial charge on any atom is -0.495 e. The van der Waals surface area contributed by atoms with Crippen LogP contribution in [0.4, 0.5) is 5.69 Å². The number of likely N-dealkylation sites (tertiary alicyclic amines) is 1. The Hall–Kier alpha value is -1.75. The number of hydrogen-bond acceptors (Lipinski definition) is 4. The van der Waals surface area contributed by atoms with E-state index in [-0.39, 0.29) is 5.91 Å². The fraction of sp³-hybridized carbons (Fsp3) is 0.533. The molecule has 0 aliphatic carbocycles. The molecule has 1 amide bonds. The normalized spacial score (nSPS) is 16.5. The zero-order valence-electron chi connectivity index (χ0n) is 12.4. The van der Waals surface area contributed by atoms with Crippen LogP contribution in [0, 0.1) is 0 Å². The van der Waals surface area contributed by atoms with E-state index in [2.05, 4.69) is 19.0 Å². The summed E-state index contributed by atoms with van der Waals surface area (Å²) in [5.74, 6) is 0.611. The van der Waals surface area contributed by atoms with Gasteiger partial charge in [-0.2, -0.15) is 0 Å². The van der Waals surface area contributed by atoms with Gasteiger partial charge in [-0.1, -0.05) is 0 Å². The van der Waals surface area contributed by atoms with Crippen molar-refractivity contribution in [3.8, 4) is 5.75 Å². The summed E-state index contributed by atoms with van der Waals surface area (Å²) >= 11 is 0. The number of amides is 1. The molecule has 1 saturated heterocycles. The Morgan fingerprint density at radius 3 is 2.55 bits per heavy atom.